The molecule has 0 bridgehead atoms. The van der Waals surface area contributed by atoms with E-state index in [1.165, 1.54) is 11.3 Å². The Balaban J connectivity index is 2.29. The molecule has 0 amide bonds. The third kappa shape index (κ3) is 2.37. The third-order valence-electron chi connectivity index (χ3n) is 2.30. The summed E-state index contributed by atoms with van der Waals surface area (Å²) in [6.45, 7) is 1.85. The summed E-state index contributed by atoms with van der Waals surface area (Å²) in [6, 6.07) is 2.90. The largest absolute Gasteiger partial charge is 0.480 e. The lowest BCUT2D eigenvalue weighted by Crippen LogP contribution is -2.25. The fourth-order valence-corrected chi connectivity index (χ4v) is 2.28. The van der Waals surface area contributed by atoms with Crippen molar-refractivity contribution in [3.05, 3.63) is 29.0 Å². The number of nitrogens with zero attached hydrogens (tertiary/aromatic N) is 1. The van der Waals surface area contributed by atoms with Gasteiger partial charge < -0.3 is 14.8 Å². The van der Waals surface area contributed by atoms with Crippen LogP contribution in [-0.4, -0.2) is 23.1 Å². The van der Waals surface area contributed by atoms with E-state index in [9.17, 15) is 4.79 Å². The van der Waals surface area contributed by atoms with Gasteiger partial charge in [-0.3, -0.25) is 4.79 Å². The zero-order valence-electron chi connectivity index (χ0n) is 9.43. The van der Waals surface area contributed by atoms with E-state index >= 15 is 0 Å². The molecule has 6 heteroatoms. The van der Waals surface area contributed by atoms with Crippen molar-refractivity contribution < 1.29 is 14.3 Å². The zero-order chi connectivity index (χ0) is 12.4. The van der Waals surface area contributed by atoms with Gasteiger partial charge in [0, 0.05) is 5.38 Å². The van der Waals surface area contributed by atoms with Crippen LogP contribution in [0.5, 0.6) is 0 Å². The third-order valence-corrected chi connectivity index (χ3v) is 3.18. The van der Waals surface area contributed by atoms with Gasteiger partial charge in [0.25, 0.3) is 0 Å². The van der Waals surface area contributed by atoms with Crippen LogP contribution in [0.15, 0.2) is 21.9 Å². The second kappa shape index (κ2) is 4.68. The van der Waals surface area contributed by atoms with Gasteiger partial charge in [0.1, 0.15) is 11.8 Å². The van der Waals surface area contributed by atoms with Crippen LogP contribution in [0.4, 0.5) is 0 Å². The van der Waals surface area contributed by atoms with E-state index in [-0.39, 0.29) is 0 Å². The monoisotopic (exact) mass is 252 g/mol. The Morgan fingerprint density at radius 1 is 1.59 bits per heavy atom. The van der Waals surface area contributed by atoms with Crippen molar-refractivity contribution in [2.45, 2.75) is 13.0 Å². The van der Waals surface area contributed by atoms with Crippen molar-refractivity contribution in [1.29, 1.82) is 0 Å². The maximum absolute atomic E-state index is 11.0. The van der Waals surface area contributed by atoms with Gasteiger partial charge in [-0.1, -0.05) is 0 Å². The lowest BCUT2D eigenvalue weighted by Gasteiger charge is -2.06. The fourth-order valence-electron chi connectivity index (χ4n) is 1.48. The number of furan rings is 1. The summed E-state index contributed by atoms with van der Waals surface area (Å²) in [6.07, 6.45) is 0. The lowest BCUT2D eigenvalue weighted by molar-refractivity contribution is -0.139. The minimum Gasteiger partial charge on any atom is -0.480 e. The highest BCUT2D eigenvalue weighted by molar-refractivity contribution is 7.13. The second-order valence-corrected chi connectivity index (χ2v) is 4.41. The highest BCUT2D eigenvalue weighted by Gasteiger charge is 2.21. The van der Waals surface area contributed by atoms with Crippen LogP contribution >= 0.6 is 11.3 Å². The smallest absolute Gasteiger partial charge is 0.327 e. The number of rotatable bonds is 4. The van der Waals surface area contributed by atoms with Crippen LogP contribution in [0.2, 0.25) is 0 Å². The second-order valence-electron chi connectivity index (χ2n) is 3.55. The van der Waals surface area contributed by atoms with E-state index < -0.39 is 12.0 Å². The number of thiazole rings is 1. The molecule has 0 aliphatic rings. The van der Waals surface area contributed by atoms with E-state index in [4.69, 9.17) is 9.52 Å². The molecule has 0 aliphatic carbocycles. The fraction of sp³-hybridized carbons (Fsp3) is 0.273. The molecule has 2 aromatic heterocycles. The first-order chi connectivity index (χ1) is 8.11. The van der Waals surface area contributed by atoms with Gasteiger partial charge in [-0.25, -0.2) is 4.98 Å². The molecule has 1 atom stereocenters. The van der Waals surface area contributed by atoms with E-state index in [0.717, 1.165) is 5.76 Å². The first-order valence-electron chi connectivity index (χ1n) is 5.04. The molecule has 0 saturated carbocycles. The van der Waals surface area contributed by atoms with Gasteiger partial charge in [-0.2, -0.15) is 0 Å². The highest BCUT2D eigenvalue weighted by atomic mass is 32.1. The molecular formula is C11H12N2O3S. The Morgan fingerprint density at radius 2 is 2.35 bits per heavy atom. The number of hydrogen-bond acceptors (Lipinski definition) is 5. The Bertz CT molecular complexity index is 532. The lowest BCUT2D eigenvalue weighted by atomic mass is 10.2. The summed E-state index contributed by atoms with van der Waals surface area (Å²) >= 11 is 1.37. The number of carbonyl (C=O) groups is 1. The Kier molecular flexibility index (Phi) is 3.26. The van der Waals surface area contributed by atoms with Gasteiger partial charge in [0.2, 0.25) is 0 Å². The van der Waals surface area contributed by atoms with Gasteiger partial charge >= 0.3 is 5.97 Å². The van der Waals surface area contributed by atoms with E-state index in [0.29, 0.717) is 16.5 Å². The molecule has 1 unspecified atom stereocenters. The maximum Gasteiger partial charge on any atom is 0.327 e. The molecule has 17 heavy (non-hydrogen) atoms. The molecule has 2 N–H and O–H groups in total. The number of carboxylic acid groups (broad SMARTS) is 1. The van der Waals surface area contributed by atoms with E-state index in [1.807, 2.05) is 19.1 Å². The molecule has 2 aromatic rings. The average molecular weight is 252 g/mol. The average Bonchev–Trinajstić information content (AvgIpc) is 2.87. The summed E-state index contributed by atoms with van der Waals surface area (Å²) in [5.41, 5.74) is 0.494. The first kappa shape index (κ1) is 11.8. The predicted molar refractivity (Wildman–Crippen MR) is 64.0 cm³/mol. The van der Waals surface area contributed by atoms with Crippen LogP contribution in [-0.2, 0) is 4.79 Å². The minimum absolute atomic E-state index is 0.494. The predicted octanol–water partition coefficient (Wildman–Crippen LogP) is 2.06. The van der Waals surface area contributed by atoms with Crippen molar-refractivity contribution in [1.82, 2.24) is 10.3 Å². The number of carboxylic acids is 1. The van der Waals surface area contributed by atoms with Crippen molar-refractivity contribution in [3.63, 3.8) is 0 Å². The van der Waals surface area contributed by atoms with Crippen molar-refractivity contribution in [2.24, 2.45) is 0 Å². The van der Waals surface area contributed by atoms with Gasteiger partial charge in [-0.15, -0.1) is 11.3 Å². The maximum atomic E-state index is 11.0. The standard InChI is InChI=1S/C11H12N2O3S/c1-6-3-4-8(16-6)10-13-7(5-17-10)9(12-2)11(14)15/h3-5,9,12H,1-2H3,(H,14,15). The van der Waals surface area contributed by atoms with Crippen LogP contribution in [0.25, 0.3) is 10.8 Å². The molecule has 2 rings (SSSR count). The Labute approximate surface area is 102 Å². The highest BCUT2D eigenvalue weighted by Crippen LogP contribution is 2.27. The topological polar surface area (TPSA) is 75.4 Å². The number of aliphatic carboxylic acids is 1. The molecule has 0 fully saturated rings. The number of hydrogen-bond donors (Lipinski definition) is 2. The molecule has 0 spiro atoms. The van der Waals surface area contributed by atoms with Crippen molar-refractivity contribution in [3.8, 4) is 10.8 Å². The van der Waals surface area contributed by atoms with Crippen molar-refractivity contribution >= 4 is 17.3 Å². The summed E-state index contributed by atoms with van der Waals surface area (Å²) < 4.78 is 5.44. The number of nitrogens with one attached hydrogen (secondary N) is 1. The molecule has 0 aromatic carbocycles. The summed E-state index contributed by atoms with van der Waals surface area (Å²) in [7, 11) is 1.59. The Hall–Kier alpha value is -1.66. The molecular weight excluding hydrogens is 240 g/mol. The normalized spacial score (nSPS) is 12.6. The molecule has 0 saturated heterocycles. The van der Waals surface area contributed by atoms with Crippen LogP contribution in [0.3, 0.4) is 0 Å². The number of aromatic nitrogens is 1. The minimum atomic E-state index is -0.944. The summed E-state index contributed by atoms with van der Waals surface area (Å²) in [5, 5.41) is 14.1. The summed E-state index contributed by atoms with van der Waals surface area (Å²) in [4.78, 5) is 15.2. The summed E-state index contributed by atoms with van der Waals surface area (Å²) in [5.74, 6) is 0.527. The first-order valence-corrected chi connectivity index (χ1v) is 5.92. The van der Waals surface area contributed by atoms with Gasteiger partial charge in [0.05, 0.1) is 5.69 Å². The van der Waals surface area contributed by atoms with E-state index in [1.54, 1.807) is 12.4 Å². The van der Waals surface area contributed by atoms with Crippen LogP contribution in [0.1, 0.15) is 17.5 Å². The quantitative estimate of drug-likeness (QED) is 0.871. The van der Waals surface area contributed by atoms with Gasteiger partial charge in [0.15, 0.2) is 10.8 Å². The molecule has 90 valence electrons. The van der Waals surface area contributed by atoms with E-state index in [2.05, 4.69) is 10.3 Å². The molecule has 0 aliphatic heterocycles. The number of likely N-dealkylation sites (N-methyl/N-ethyl adjacent to an activating group) is 1. The zero-order valence-corrected chi connectivity index (χ0v) is 10.2. The Morgan fingerprint density at radius 3 is 2.88 bits per heavy atom. The van der Waals surface area contributed by atoms with Crippen LogP contribution in [0, 0.1) is 6.92 Å². The molecule has 5 nitrogen and oxygen atoms in total. The molecule has 2 heterocycles. The van der Waals surface area contributed by atoms with Crippen molar-refractivity contribution in [2.75, 3.05) is 7.05 Å². The SMILES string of the molecule is CNC(C(=O)O)c1csc(-c2ccc(C)o2)n1. The molecule has 0 radical (unpaired) electrons. The van der Waals surface area contributed by atoms with Crippen LogP contribution < -0.4 is 5.32 Å². The van der Waals surface area contributed by atoms with Gasteiger partial charge in [-0.05, 0) is 26.1 Å². The number of aryl methyl sites for hydroxylation is 1.